The first-order valence-corrected chi connectivity index (χ1v) is 12.0. The van der Waals surface area contributed by atoms with Gasteiger partial charge in [-0.05, 0) is 57.7 Å². The first-order valence-electron chi connectivity index (χ1n) is 12.0. The van der Waals surface area contributed by atoms with E-state index in [0.717, 1.165) is 85.7 Å². The molecule has 2 aliphatic heterocycles. The van der Waals surface area contributed by atoms with Gasteiger partial charge < -0.3 is 9.64 Å². The van der Waals surface area contributed by atoms with Crippen molar-refractivity contribution in [3.63, 3.8) is 0 Å². The van der Waals surface area contributed by atoms with Gasteiger partial charge in [-0.1, -0.05) is 5.92 Å². The number of aromatic nitrogens is 4. The van der Waals surface area contributed by atoms with Crippen LogP contribution in [0.25, 0.3) is 22.3 Å². The van der Waals surface area contributed by atoms with Crippen molar-refractivity contribution in [1.82, 2.24) is 25.1 Å². The molecule has 3 fully saturated rings. The van der Waals surface area contributed by atoms with Crippen LogP contribution in [0.5, 0.6) is 5.75 Å². The Labute approximate surface area is 194 Å². The summed E-state index contributed by atoms with van der Waals surface area (Å²) in [6.07, 6.45) is 6.21. The van der Waals surface area contributed by atoms with E-state index in [9.17, 15) is 0 Å². The lowest BCUT2D eigenvalue weighted by Gasteiger charge is -2.45. The molecule has 1 aromatic carbocycles. The molecular formula is C26H30N6O. The minimum absolute atomic E-state index is 0.00779. The summed E-state index contributed by atoms with van der Waals surface area (Å²) in [5.74, 6) is 8.79. The van der Waals surface area contributed by atoms with Crippen LogP contribution in [-0.4, -0.2) is 62.9 Å². The van der Waals surface area contributed by atoms with Gasteiger partial charge in [-0.3, -0.25) is 10.00 Å². The van der Waals surface area contributed by atoms with Gasteiger partial charge in [0, 0.05) is 49.6 Å². The summed E-state index contributed by atoms with van der Waals surface area (Å²) in [4.78, 5) is 14.1. The van der Waals surface area contributed by atoms with Crippen molar-refractivity contribution >= 4 is 16.7 Å². The Morgan fingerprint density at radius 2 is 1.94 bits per heavy atom. The summed E-state index contributed by atoms with van der Waals surface area (Å²) in [6, 6.07) is 8.86. The lowest BCUT2D eigenvalue weighted by molar-refractivity contribution is 0.0673. The Hall–Kier alpha value is -3.11. The fourth-order valence-corrected chi connectivity index (χ4v) is 5.03. The fourth-order valence-electron chi connectivity index (χ4n) is 5.03. The lowest BCUT2D eigenvalue weighted by atomic mass is 9.93. The third-order valence-electron chi connectivity index (χ3n) is 7.31. The number of nitrogens with one attached hydrogen (secondary N) is 1. The molecule has 1 saturated carbocycles. The molecule has 0 unspecified atom stereocenters. The second-order valence-corrected chi connectivity index (χ2v) is 9.86. The minimum Gasteiger partial charge on any atom is -0.488 e. The summed E-state index contributed by atoms with van der Waals surface area (Å²) in [6.45, 7) is 8.37. The molecule has 170 valence electrons. The van der Waals surface area contributed by atoms with Gasteiger partial charge in [0.25, 0.3) is 0 Å². The van der Waals surface area contributed by atoms with Crippen LogP contribution in [0, 0.1) is 17.8 Å². The van der Waals surface area contributed by atoms with Gasteiger partial charge in [0.15, 0.2) is 0 Å². The van der Waals surface area contributed by atoms with Crippen LogP contribution in [-0.2, 0) is 0 Å². The number of anilines is 1. The Morgan fingerprint density at radius 3 is 2.70 bits per heavy atom. The van der Waals surface area contributed by atoms with Crippen molar-refractivity contribution in [3.05, 3.63) is 30.6 Å². The molecule has 1 N–H and O–H groups in total. The Bertz CT molecular complexity index is 1220. The third kappa shape index (κ3) is 4.04. The Balaban J connectivity index is 1.17. The van der Waals surface area contributed by atoms with Crippen molar-refractivity contribution in [2.24, 2.45) is 5.92 Å². The molecule has 0 amide bonds. The van der Waals surface area contributed by atoms with Crippen LogP contribution < -0.4 is 9.64 Å². The molecule has 4 heterocycles. The van der Waals surface area contributed by atoms with Gasteiger partial charge in [-0.15, -0.1) is 5.92 Å². The maximum Gasteiger partial charge on any atom is 0.132 e. The predicted octanol–water partition coefficient (Wildman–Crippen LogP) is 3.88. The number of fused-ring (bicyclic) bond motifs is 1. The number of ether oxygens (including phenoxy) is 1. The highest BCUT2D eigenvalue weighted by Crippen LogP contribution is 2.40. The first kappa shape index (κ1) is 20.5. The van der Waals surface area contributed by atoms with Gasteiger partial charge in [0.1, 0.15) is 29.2 Å². The van der Waals surface area contributed by atoms with Crippen molar-refractivity contribution in [1.29, 1.82) is 0 Å². The molecule has 3 aromatic rings. The van der Waals surface area contributed by atoms with Gasteiger partial charge in [-0.2, -0.15) is 5.10 Å². The summed E-state index contributed by atoms with van der Waals surface area (Å²) in [7, 11) is 0. The number of aromatic amines is 1. The largest absolute Gasteiger partial charge is 0.488 e. The number of hydrogen-bond acceptors (Lipinski definition) is 6. The number of nitrogens with zero attached hydrogens (tertiary/aromatic N) is 5. The van der Waals surface area contributed by atoms with Crippen LogP contribution in [0.15, 0.2) is 30.6 Å². The molecule has 0 bridgehead atoms. The lowest BCUT2D eigenvalue weighted by Crippen LogP contribution is -2.55. The van der Waals surface area contributed by atoms with E-state index in [0.29, 0.717) is 12.0 Å². The molecule has 33 heavy (non-hydrogen) atoms. The molecule has 7 nitrogen and oxygen atoms in total. The van der Waals surface area contributed by atoms with Gasteiger partial charge in [0.05, 0.1) is 11.2 Å². The van der Waals surface area contributed by atoms with Crippen LogP contribution in [0.3, 0.4) is 0 Å². The smallest absolute Gasteiger partial charge is 0.132 e. The molecule has 2 saturated heterocycles. The van der Waals surface area contributed by atoms with Gasteiger partial charge in [0.2, 0.25) is 0 Å². The third-order valence-corrected chi connectivity index (χ3v) is 7.31. The van der Waals surface area contributed by atoms with E-state index in [1.54, 1.807) is 6.33 Å². The van der Waals surface area contributed by atoms with E-state index < -0.39 is 0 Å². The number of likely N-dealkylation sites (tertiary alicyclic amines) is 1. The average molecular weight is 443 g/mol. The van der Waals surface area contributed by atoms with E-state index in [-0.39, 0.29) is 5.60 Å². The molecule has 2 aromatic heterocycles. The molecule has 0 spiro atoms. The topological polar surface area (TPSA) is 70.2 Å². The minimum atomic E-state index is -0.00779. The molecule has 1 aliphatic carbocycles. The van der Waals surface area contributed by atoms with E-state index >= 15 is 0 Å². The Kier molecular flexibility index (Phi) is 4.99. The van der Waals surface area contributed by atoms with Gasteiger partial charge >= 0.3 is 0 Å². The SMILES string of the molecule is CC#CC1CN(C2CCN(c3cc(-c4n[nH]c5ccc(OC6(C)CC6)cc45)ncn3)CC2)C1. The van der Waals surface area contributed by atoms with E-state index in [2.05, 4.69) is 60.9 Å². The van der Waals surface area contributed by atoms with Crippen molar-refractivity contribution in [3.8, 4) is 29.0 Å². The summed E-state index contributed by atoms with van der Waals surface area (Å²) < 4.78 is 6.17. The van der Waals surface area contributed by atoms with Crippen LogP contribution in [0.2, 0.25) is 0 Å². The zero-order valence-electron chi connectivity index (χ0n) is 19.3. The monoisotopic (exact) mass is 442 g/mol. The second-order valence-electron chi connectivity index (χ2n) is 9.86. The number of hydrogen-bond donors (Lipinski definition) is 1. The quantitative estimate of drug-likeness (QED) is 0.605. The number of piperidine rings is 1. The molecular weight excluding hydrogens is 412 g/mol. The second kappa shape index (κ2) is 8.03. The van der Waals surface area contributed by atoms with E-state index in [1.165, 1.54) is 0 Å². The first-order chi connectivity index (χ1) is 16.1. The fraction of sp³-hybridized carbons (Fsp3) is 0.500. The Morgan fingerprint density at radius 1 is 1.12 bits per heavy atom. The molecule has 0 radical (unpaired) electrons. The van der Waals surface area contributed by atoms with Crippen molar-refractivity contribution < 1.29 is 4.74 Å². The zero-order valence-corrected chi connectivity index (χ0v) is 19.3. The highest BCUT2D eigenvalue weighted by atomic mass is 16.5. The zero-order chi connectivity index (χ0) is 22.4. The maximum atomic E-state index is 6.17. The number of rotatable bonds is 5. The van der Waals surface area contributed by atoms with Crippen molar-refractivity contribution in [2.45, 2.75) is 51.2 Å². The van der Waals surface area contributed by atoms with Crippen LogP contribution >= 0.6 is 0 Å². The average Bonchev–Trinajstić information content (AvgIpc) is 3.38. The summed E-state index contributed by atoms with van der Waals surface area (Å²) >= 11 is 0. The normalized spacial score (nSPS) is 20.8. The standard InChI is InChI=1S/C26H30N6O/c1-3-4-18-15-32(16-18)19-7-11-31(12-8-19)24-14-23(27-17-28-24)25-21-13-20(33-26(2)9-10-26)5-6-22(21)29-30-25/h5-6,13-14,17-19H,7-12,15-16H2,1-2H3,(H,29,30). The molecule has 3 aliphatic rings. The van der Waals surface area contributed by atoms with E-state index in [4.69, 9.17) is 4.74 Å². The highest BCUT2D eigenvalue weighted by Gasteiger charge is 2.40. The highest BCUT2D eigenvalue weighted by molar-refractivity contribution is 5.93. The molecule has 0 atom stereocenters. The van der Waals surface area contributed by atoms with Gasteiger partial charge in [-0.25, -0.2) is 9.97 Å². The predicted molar refractivity (Wildman–Crippen MR) is 129 cm³/mol. The van der Waals surface area contributed by atoms with Crippen LogP contribution in [0.1, 0.15) is 39.5 Å². The maximum absolute atomic E-state index is 6.17. The van der Waals surface area contributed by atoms with Crippen molar-refractivity contribution in [2.75, 3.05) is 31.1 Å². The van der Waals surface area contributed by atoms with Crippen LogP contribution in [0.4, 0.5) is 5.82 Å². The molecule has 7 heteroatoms. The molecule has 6 rings (SSSR count). The number of H-pyrrole nitrogens is 1. The summed E-state index contributed by atoms with van der Waals surface area (Å²) in [5, 5.41) is 8.74. The number of benzene rings is 1. The summed E-state index contributed by atoms with van der Waals surface area (Å²) in [5.41, 5.74) is 2.66. The van der Waals surface area contributed by atoms with E-state index in [1.807, 2.05) is 19.1 Å².